The number of rotatable bonds is 6. The molecule has 1 aliphatic heterocycles. The van der Waals surface area contributed by atoms with Gasteiger partial charge in [0, 0.05) is 24.5 Å². The van der Waals surface area contributed by atoms with Crippen molar-refractivity contribution in [3.63, 3.8) is 0 Å². The first-order chi connectivity index (χ1) is 17.9. The fraction of sp³-hybridized carbons (Fsp3) is 0.167. The fourth-order valence-electron chi connectivity index (χ4n) is 4.31. The molecule has 0 radical (unpaired) electrons. The van der Waals surface area contributed by atoms with E-state index in [1.807, 2.05) is 49.4 Å². The van der Waals surface area contributed by atoms with Gasteiger partial charge in [0.15, 0.2) is 6.61 Å². The third-order valence-corrected chi connectivity index (χ3v) is 6.14. The average Bonchev–Trinajstić information content (AvgIpc) is 2.91. The van der Waals surface area contributed by atoms with E-state index in [1.54, 1.807) is 11.9 Å². The molecule has 4 rings (SSSR count). The van der Waals surface area contributed by atoms with Crippen LogP contribution >= 0.6 is 0 Å². The van der Waals surface area contributed by atoms with Crippen molar-refractivity contribution in [2.24, 2.45) is 0 Å². The van der Waals surface area contributed by atoms with Crippen LogP contribution in [-0.4, -0.2) is 37.4 Å². The van der Waals surface area contributed by atoms with E-state index in [1.165, 1.54) is 6.21 Å². The van der Waals surface area contributed by atoms with Gasteiger partial charge in [0.2, 0.25) is 0 Å². The first-order valence-corrected chi connectivity index (χ1v) is 11.9. The minimum atomic E-state index is -0.250. The monoisotopic (exact) mass is 497 g/mol. The van der Waals surface area contributed by atoms with Gasteiger partial charge in [0.1, 0.15) is 5.75 Å². The Hall–Kier alpha value is -4.65. The van der Waals surface area contributed by atoms with Crippen molar-refractivity contribution in [1.82, 2.24) is 0 Å². The number of nitrogens with two attached hydrogens (primary N) is 1. The van der Waals surface area contributed by atoms with Crippen LogP contribution in [0.5, 0.6) is 5.75 Å². The number of fused-ring (bicyclic) bond motifs is 1. The Labute approximate surface area is 217 Å². The highest BCUT2D eigenvalue weighted by molar-refractivity contribution is 6.02. The topological polar surface area (TPSA) is 117 Å². The van der Waals surface area contributed by atoms with E-state index in [0.29, 0.717) is 17.0 Å². The molecule has 0 aromatic heterocycles. The molecule has 7 nitrogen and oxygen atoms in total. The third-order valence-electron chi connectivity index (χ3n) is 6.14. The summed E-state index contributed by atoms with van der Waals surface area (Å²) in [5.74, 6) is 0.637. The normalized spacial score (nSPS) is 13.2. The van der Waals surface area contributed by atoms with Gasteiger partial charge in [-0.15, -0.1) is 0 Å². The lowest BCUT2D eigenvalue weighted by Gasteiger charge is -2.27. The molecule has 7 heteroatoms. The maximum atomic E-state index is 12.2. The standard InChI is InChI=1S/C29H29N3O2.CH2O2/c1-4-6-19-7-9-20(10-8-19)29(22-11-13-25(31)23(15-22)17-30)24(5-2)21-12-14-27-26(16-21)32(3)28(33)18-34-27;2-1-3/h4,6-17,30H,5,18,31H2,1-3H3;1H,(H,2,3)/b6-4+,29-24+,30-17?;. The average molecular weight is 498 g/mol. The van der Waals surface area contributed by atoms with Crippen LogP contribution in [0.1, 0.15) is 48.1 Å². The van der Waals surface area contributed by atoms with Gasteiger partial charge in [0.05, 0.1) is 5.69 Å². The zero-order chi connectivity index (χ0) is 26.9. The van der Waals surface area contributed by atoms with Crippen molar-refractivity contribution < 1.29 is 19.4 Å². The summed E-state index contributed by atoms with van der Waals surface area (Å²) in [6.07, 6.45) is 6.15. The lowest BCUT2D eigenvalue weighted by atomic mass is 9.87. The van der Waals surface area contributed by atoms with Crippen LogP contribution in [0.25, 0.3) is 17.2 Å². The number of carbonyl (C=O) groups excluding carboxylic acids is 1. The van der Waals surface area contributed by atoms with Crippen LogP contribution in [0.4, 0.5) is 11.4 Å². The molecule has 0 spiro atoms. The van der Waals surface area contributed by atoms with Gasteiger partial charge in [-0.05, 0) is 71.0 Å². The van der Waals surface area contributed by atoms with Crippen molar-refractivity contribution in [1.29, 1.82) is 5.41 Å². The Morgan fingerprint density at radius 1 is 1.08 bits per heavy atom. The quantitative estimate of drug-likeness (QED) is 0.174. The van der Waals surface area contributed by atoms with Crippen molar-refractivity contribution in [3.05, 3.63) is 94.6 Å². The van der Waals surface area contributed by atoms with Gasteiger partial charge in [-0.2, -0.15) is 0 Å². The smallest absolute Gasteiger partial charge is 0.290 e. The second-order valence-electron chi connectivity index (χ2n) is 8.35. The maximum Gasteiger partial charge on any atom is 0.290 e. The zero-order valence-electron chi connectivity index (χ0n) is 21.2. The number of hydrogen-bond donors (Lipinski definition) is 3. The van der Waals surface area contributed by atoms with E-state index >= 15 is 0 Å². The van der Waals surface area contributed by atoms with Crippen molar-refractivity contribution in [2.45, 2.75) is 20.3 Å². The highest BCUT2D eigenvalue weighted by Crippen LogP contribution is 2.39. The molecule has 3 aromatic carbocycles. The lowest BCUT2D eigenvalue weighted by Crippen LogP contribution is -2.35. The number of ether oxygens (including phenoxy) is 1. The number of nitrogens with zero attached hydrogens (tertiary/aromatic N) is 1. The summed E-state index contributed by atoms with van der Waals surface area (Å²) in [5, 5.41) is 14.7. The van der Waals surface area contributed by atoms with Crippen LogP contribution in [0, 0.1) is 5.41 Å². The van der Waals surface area contributed by atoms with Gasteiger partial charge < -0.3 is 25.9 Å². The van der Waals surface area contributed by atoms with E-state index in [2.05, 4.69) is 37.3 Å². The molecule has 4 N–H and O–H groups in total. The van der Waals surface area contributed by atoms with Crippen molar-refractivity contribution >= 4 is 47.2 Å². The predicted molar refractivity (Wildman–Crippen MR) is 150 cm³/mol. The lowest BCUT2D eigenvalue weighted by molar-refractivity contribution is -0.123. The summed E-state index contributed by atoms with van der Waals surface area (Å²) >= 11 is 0. The van der Waals surface area contributed by atoms with Crippen molar-refractivity contribution in [3.8, 4) is 5.75 Å². The molecule has 0 bridgehead atoms. The van der Waals surface area contributed by atoms with Crippen LogP contribution in [0.2, 0.25) is 0 Å². The number of likely N-dealkylation sites (N-methyl/N-ethyl adjacent to an activating group) is 1. The molecule has 190 valence electrons. The summed E-state index contributed by atoms with van der Waals surface area (Å²) in [7, 11) is 1.78. The second-order valence-corrected chi connectivity index (χ2v) is 8.35. The van der Waals surface area contributed by atoms with E-state index in [4.69, 9.17) is 25.8 Å². The van der Waals surface area contributed by atoms with Gasteiger partial charge in [-0.1, -0.05) is 55.5 Å². The molecular formula is C30H31N3O4. The largest absolute Gasteiger partial charge is 0.483 e. The SMILES string of the molecule is C/C=C/c1ccc(/C(=C(/CC)c2ccc3c(c2)N(C)C(=O)CO3)c2ccc(N)c(C=N)c2)cc1.O=CO. The Kier molecular flexibility index (Phi) is 9.00. The number of allylic oxidation sites excluding steroid dienone is 2. The number of nitrogens with one attached hydrogen (secondary N) is 1. The predicted octanol–water partition coefficient (Wildman–Crippen LogP) is 5.72. The first kappa shape index (κ1) is 26.9. The molecule has 0 saturated carbocycles. The molecule has 3 aromatic rings. The Morgan fingerprint density at radius 2 is 1.73 bits per heavy atom. The highest BCUT2D eigenvalue weighted by Gasteiger charge is 2.23. The van der Waals surface area contributed by atoms with Crippen molar-refractivity contribution in [2.75, 3.05) is 24.3 Å². The van der Waals surface area contributed by atoms with Crippen LogP contribution in [0.15, 0.2) is 66.7 Å². The number of anilines is 2. The molecule has 0 atom stereocenters. The van der Waals surface area contributed by atoms with Crippen LogP contribution in [-0.2, 0) is 9.59 Å². The molecule has 1 heterocycles. The molecule has 0 saturated heterocycles. The number of hydrogen-bond acceptors (Lipinski definition) is 5. The van der Waals surface area contributed by atoms with E-state index in [9.17, 15) is 4.79 Å². The summed E-state index contributed by atoms with van der Waals surface area (Å²) in [5.41, 5.74) is 14.5. The Morgan fingerprint density at radius 3 is 2.35 bits per heavy atom. The first-order valence-electron chi connectivity index (χ1n) is 11.9. The minimum Gasteiger partial charge on any atom is -0.483 e. The fourth-order valence-corrected chi connectivity index (χ4v) is 4.31. The molecule has 1 amide bonds. The molecule has 37 heavy (non-hydrogen) atoms. The molecular weight excluding hydrogens is 466 g/mol. The Bertz CT molecular complexity index is 1360. The molecule has 0 unspecified atom stereocenters. The van der Waals surface area contributed by atoms with Gasteiger partial charge in [0.25, 0.3) is 12.4 Å². The summed E-state index contributed by atoms with van der Waals surface area (Å²) in [4.78, 5) is 22.2. The van der Waals surface area contributed by atoms with Gasteiger partial charge in [-0.3, -0.25) is 9.59 Å². The summed E-state index contributed by atoms with van der Waals surface area (Å²) in [6, 6.07) is 20.3. The maximum absolute atomic E-state index is 12.2. The van der Waals surface area contributed by atoms with Crippen LogP contribution in [0.3, 0.4) is 0 Å². The highest BCUT2D eigenvalue weighted by atomic mass is 16.5. The Balaban J connectivity index is 0.00000121. The van der Waals surface area contributed by atoms with Crippen LogP contribution < -0.4 is 15.4 Å². The molecule has 0 aliphatic carbocycles. The zero-order valence-corrected chi connectivity index (χ0v) is 21.2. The number of benzene rings is 3. The number of nitrogen functional groups attached to an aromatic ring is 1. The van der Waals surface area contributed by atoms with E-state index < -0.39 is 0 Å². The minimum absolute atomic E-state index is 0.0565. The third kappa shape index (κ3) is 5.95. The molecule has 1 aliphatic rings. The van der Waals surface area contributed by atoms with Gasteiger partial charge in [-0.25, -0.2) is 0 Å². The number of carbonyl (C=O) groups is 2. The van der Waals surface area contributed by atoms with E-state index in [0.717, 1.165) is 45.5 Å². The number of carboxylic acid groups (broad SMARTS) is 1. The number of amides is 1. The van der Waals surface area contributed by atoms with E-state index in [-0.39, 0.29) is 19.0 Å². The molecule has 0 fully saturated rings. The summed E-state index contributed by atoms with van der Waals surface area (Å²) in [6.45, 7) is 3.94. The summed E-state index contributed by atoms with van der Waals surface area (Å²) < 4.78 is 5.63. The second kappa shape index (κ2) is 12.4. The van der Waals surface area contributed by atoms with Gasteiger partial charge >= 0.3 is 0 Å².